The Morgan fingerprint density at radius 3 is 1.89 bits per heavy atom. The van der Waals surface area contributed by atoms with Gasteiger partial charge in [0, 0.05) is 6.54 Å². The molecule has 0 aliphatic carbocycles. The van der Waals surface area contributed by atoms with E-state index in [1.54, 1.807) is 24.3 Å². The number of nitrogen functional groups attached to an aromatic ring is 1. The Morgan fingerprint density at radius 2 is 1.30 bits per heavy atom. The number of nitrogens with two attached hydrogens (primary N) is 1. The standard InChI is InChI=1S/C30H40N4O2S/c1-3-4-5-6-7-8-9-10-11-12-15-22-34-29(31)28(37(35,36)24-20-18-23(2)19-21-24)27-30(34)33-26-17-14-13-16-25(26)32-27/h13-14,16-21H,3-12,15,22,31H2,1-2H3. The van der Waals surface area contributed by atoms with E-state index in [2.05, 4.69) is 6.92 Å². The van der Waals surface area contributed by atoms with Crippen molar-refractivity contribution in [2.24, 2.45) is 0 Å². The highest BCUT2D eigenvalue weighted by molar-refractivity contribution is 7.92. The van der Waals surface area contributed by atoms with Gasteiger partial charge in [0.1, 0.15) is 16.2 Å². The first kappa shape index (κ1) is 27.1. The predicted molar refractivity (Wildman–Crippen MR) is 153 cm³/mol. The topological polar surface area (TPSA) is 90.9 Å². The molecule has 2 aromatic carbocycles. The highest BCUT2D eigenvalue weighted by atomic mass is 32.2. The summed E-state index contributed by atoms with van der Waals surface area (Å²) in [7, 11) is -3.86. The molecule has 6 nitrogen and oxygen atoms in total. The first-order valence-electron chi connectivity index (χ1n) is 13.8. The largest absolute Gasteiger partial charge is 0.384 e. The van der Waals surface area contributed by atoms with Gasteiger partial charge in [0.15, 0.2) is 5.65 Å². The number of aryl methyl sites for hydroxylation is 2. The van der Waals surface area contributed by atoms with Crippen LogP contribution in [0, 0.1) is 6.92 Å². The van der Waals surface area contributed by atoms with Gasteiger partial charge in [-0.05, 0) is 37.6 Å². The van der Waals surface area contributed by atoms with Crippen molar-refractivity contribution in [2.75, 3.05) is 5.73 Å². The SMILES string of the molecule is CCCCCCCCCCCCCn1c(N)c(S(=O)(=O)c2ccc(C)cc2)c2nc3ccccc3nc21. The molecule has 0 amide bonds. The van der Waals surface area contributed by atoms with Crippen molar-refractivity contribution in [3.05, 3.63) is 54.1 Å². The number of hydrogen-bond donors (Lipinski definition) is 1. The molecule has 4 rings (SSSR count). The van der Waals surface area contributed by atoms with E-state index >= 15 is 0 Å². The van der Waals surface area contributed by atoms with Crippen LogP contribution in [0.2, 0.25) is 0 Å². The molecule has 7 heteroatoms. The Balaban J connectivity index is 1.52. The molecule has 2 N–H and O–H groups in total. The van der Waals surface area contributed by atoms with Crippen LogP contribution in [-0.4, -0.2) is 23.0 Å². The fourth-order valence-electron chi connectivity index (χ4n) is 4.95. The summed E-state index contributed by atoms with van der Waals surface area (Å²) in [5.41, 5.74) is 9.83. The van der Waals surface area contributed by atoms with Crippen molar-refractivity contribution in [3.8, 4) is 0 Å². The minimum atomic E-state index is -3.86. The molecule has 198 valence electrons. The number of nitrogens with zero attached hydrogens (tertiary/aromatic N) is 3. The first-order chi connectivity index (χ1) is 17.9. The second-order valence-electron chi connectivity index (χ2n) is 10.1. The number of benzene rings is 2. The van der Waals surface area contributed by atoms with Crippen molar-refractivity contribution in [2.45, 2.75) is 101 Å². The van der Waals surface area contributed by atoms with Crippen molar-refractivity contribution in [1.29, 1.82) is 0 Å². The third-order valence-corrected chi connectivity index (χ3v) is 8.96. The summed E-state index contributed by atoms with van der Waals surface area (Å²) < 4.78 is 29.3. The molecule has 0 saturated heterocycles. The lowest BCUT2D eigenvalue weighted by molar-refractivity contribution is 0.535. The molecule has 0 aliphatic heterocycles. The van der Waals surface area contributed by atoms with E-state index in [9.17, 15) is 8.42 Å². The number of rotatable bonds is 14. The summed E-state index contributed by atoms with van der Waals surface area (Å²) in [6, 6.07) is 14.4. The van der Waals surface area contributed by atoms with E-state index in [-0.39, 0.29) is 15.6 Å². The summed E-state index contributed by atoms with van der Waals surface area (Å²) in [6.07, 6.45) is 13.7. The quantitative estimate of drug-likeness (QED) is 0.173. The molecular weight excluding hydrogens is 480 g/mol. The number of aromatic nitrogens is 3. The van der Waals surface area contributed by atoms with Gasteiger partial charge >= 0.3 is 0 Å². The van der Waals surface area contributed by atoms with Crippen LogP contribution in [0.4, 0.5) is 5.82 Å². The highest BCUT2D eigenvalue weighted by Crippen LogP contribution is 2.35. The van der Waals surface area contributed by atoms with E-state index in [1.165, 1.54) is 57.8 Å². The third-order valence-electron chi connectivity index (χ3n) is 7.13. The van der Waals surface area contributed by atoms with Gasteiger partial charge in [0.25, 0.3) is 0 Å². The van der Waals surface area contributed by atoms with Crippen molar-refractivity contribution < 1.29 is 8.42 Å². The van der Waals surface area contributed by atoms with Crippen LogP contribution in [0.25, 0.3) is 22.2 Å². The first-order valence-corrected chi connectivity index (χ1v) is 15.3. The zero-order valence-electron chi connectivity index (χ0n) is 22.2. The molecule has 0 atom stereocenters. The normalized spacial score (nSPS) is 12.1. The van der Waals surface area contributed by atoms with Crippen LogP contribution < -0.4 is 5.73 Å². The summed E-state index contributed by atoms with van der Waals surface area (Å²) in [5.74, 6) is 0.220. The summed E-state index contributed by atoms with van der Waals surface area (Å²) in [6.45, 7) is 4.81. The van der Waals surface area contributed by atoms with Crippen LogP contribution in [0.1, 0.15) is 83.1 Å². The zero-order chi connectivity index (χ0) is 26.3. The maximum absolute atomic E-state index is 13.7. The molecule has 2 heterocycles. The number of sulfone groups is 1. The van der Waals surface area contributed by atoms with Gasteiger partial charge in [-0.2, -0.15) is 0 Å². The molecular formula is C30H40N4O2S. The summed E-state index contributed by atoms with van der Waals surface area (Å²) >= 11 is 0. The summed E-state index contributed by atoms with van der Waals surface area (Å²) in [5, 5.41) is 0. The van der Waals surface area contributed by atoms with Crippen LogP contribution in [-0.2, 0) is 16.4 Å². The molecule has 0 fully saturated rings. The lowest BCUT2D eigenvalue weighted by atomic mass is 10.1. The maximum Gasteiger partial charge on any atom is 0.212 e. The monoisotopic (exact) mass is 520 g/mol. The van der Waals surface area contributed by atoms with Crippen molar-refractivity contribution in [1.82, 2.24) is 14.5 Å². The lowest BCUT2D eigenvalue weighted by Gasteiger charge is -2.09. The van der Waals surface area contributed by atoms with Gasteiger partial charge < -0.3 is 10.3 Å². The second kappa shape index (κ2) is 12.5. The van der Waals surface area contributed by atoms with Crippen molar-refractivity contribution in [3.63, 3.8) is 0 Å². The second-order valence-corrected chi connectivity index (χ2v) is 12.0. The molecule has 0 bridgehead atoms. The Kier molecular flexibility index (Phi) is 9.19. The van der Waals surface area contributed by atoms with Gasteiger partial charge in [0.05, 0.1) is 15.9 Å². The zero-order valence-corrected chi connectivity index (χ0v) is 23.1. The molecule has 4 aromatic rings. The van der Waals surface area contributed by atoms with E-state index in [4.69, 9.17) is 15.7 Å². The molecule has 0 spiro atoms. The minimum absolute atomic E-state index is 0.0627. The summed E-state index contributed by atoms with van der Waals surface area (Å²) in [4.78, 5) is 9.82. The maximum atomic E-state index is 13.7. The van der Waals surface area contributed by atoms with Gasteiger partial charge in [-0.25, -0.2) is 18.4 Å². The fourth-order valence-corrected chi connectivity index (χ4v) is 6.46. The molecule has 0 saturated carbocycles. The van der Waals surface area contributed by atoms with Crippen LogP contribution in [0.3, 0.4) is 0 Å². The van der Waals surface area contributed by atoms with E-state index in [0.29, 0.717) is 23.2 Å². The number of anilines is 1. The van der Waals surface area contributed by atoms with E-state index in [0.717, 1.165) is 23.9 Å². The fraction of sp³-hybridized carbons (Fsp3) is 0.467. The third kappa shape index (κ3) is 6.32. The number of hydrogen-bond acceptors (Lipinski definition) is 5. The van der Waals surface area contributed by atoms with Gasteiger partial charge in [-0.1, -0.05) is 101 Å². The average Bonchev–Trinajstić information content (AvgIpc) is 3.16. The van der Waals surface area contributed by atoms with E-state index in [1.807, 2.05) is 35.8 Å². The number of para-hydroxylation sites is 2. The predicted octanol–water partition coefficient (Wildman–Crippen LogP) is 7.62. The van der Waals surface area contributed by atoms with Crippen LogP contribution in [0.5, 0.6) is 0 Å². The van der Waals surface area contributed by atoms with Crippen LogP contribution in [0.15, 0.2) is 58.3 Å². The average molecular weight is 521 g/mol. The number of fused-ring (bicyclic) bond motifs is 2. The Morgan fingerprint density at radius 1 is 0.757 bits per heavy atom. The smallest absolute Gasteiger partial charge is 0.212 e. The van der Waals surface area contributed by atoms with Crippen LogP contribution >= 0.6 is 0 Å². The Labute approximate surface area is 221 Å². The number of unbranched alkanes of at least 4 members (excludes halogenated alkanes) is 10. The molecule has 0 aliphatic rings. The highest BCUT2D eigenvalue weighted by Gasteiger charge is 2.30. The molecule has 0 radical (unpaired) electrons. The van der Waals surface area contributed by atoms with Gasteiger partial charge in [-0.15, -0.1) is 0 Å². The Hall–Kier alpha value is -2.93. The lowest BCUT2D eigenvalue weighted by Crippen LogP contribution is -2.08. The van der Waals surface area contributed by atoms with Gasteiger partial charge in [0.2, 0.25) is 9.84 Å². The van der Waals surface area contributed by atoms with E-state index < -0.39 is 9.84 Å². The molecule has 37 heavy (non-hydrogen) atoms. The van der Waals surface area contributed by atoms with Gasteiger partial charge in [-0.3, -0.25) is 0 Å². The molecule has 0 unspecified atom stereocenters. The van der Waals surface area contributed by atoms with Crippen molar-refractivity contribution >= 4 is 37.9 Å². The Bertz CT molecular complexity index is 1430. The minimum Gasteiger partial charge on any atom is -0.384 e. The molecule has 2 aromatic heterocycles.